The Balaban J connectivity index is 0.00000208. The fourth-order valence-corrected chi connectivity index (χ4v) is 5.36. The summed E-state index contributed by atoms with van der Waals surface area (Å²) in [5.41, 5.74) is 6.23. The summed E-state index contributed by atoms with van der Waals surface area (Å²) in [7, 11) is 0. The molecule has 0 aromatic carbocycles. The van der Waals surface area contributed by atoms with E-state index in [0.717, 1.165) is 4.90 Å². The third-order valence-corrected chi connectivity index (χ3v) is 6.75. The number of hydrogen-bond donors (Lipinski definition) is 2. The van der Waals surface area contributed by atoms with Crippen molar-refractivity contribution in [2.75, 3.05) is 11.5 Å². The minimum absolute atomic E-state index is 0. The van der Waals surface area contributed by atoms with Crippen LogP contribution in [-0.2, 0) is 14.4 Å². The zero-order valence-electron chi connectivity index (χ0n) is 12.4. The number of hydrogen-bond acceptors (Lipinski definition) is 10. The summed E-state index contributed by atoms with van der Waals surface area (Å²) < 4.78 is 0.702. The van der Waals surface area contributed by atoms with Gasteiger partial charge >= 0.3 is 29.6 Å². The summed E-state index contributed by atoms with van der Waals surface area (Å²) in [4.78, 5) is 35.4. The van der Waals surface area contributed by atoms with Crippen molar-refractivity contribution in [3.8, 4) is 0 Å². The molecule has 24 heavy (non-hydrogen) atoms. The first-order chi connectivity index (χ1) is 11.0. The molecule has 3 N–H and O–H groups in total. The van der Waals surface area contributed by atoms with Gasteiger partial charge in [0.15, 0.2) is 4.34 Å². The number of β-lactam (4-membered cyclic amide) rings is 1. The first-order valence-corrected chi connectivity index (χ1v) is 9.18. The Morgan fingerprint density at radius 2 is 2.42 bits per heavy atom. The van der Waals surface area contributed by atoms with Gasteiger partial charge in [-0.05, 0) is 5.57 Å². The second kappa shape index (κ2) is 7.72. The maximum absolute atomic E-state index is 12.2. The van der Waals surface area contributed by atoms with Crippen LogP contribution in [0.15, 0.2) is 21.1 Å². The van der Waals surface area contributed by atoms with Crippen LogP contribution in [0.1, 0.15) is 0 Å². The van der Waals surface area contributed by atoms with Crippen molar-refractivity contribution in [2.24, 2.45) is 5.73 Å². The second-order valence-electron chi connectivity index (χ2n) is 4.70. The van der Waals surface area contributed by atoms with Crippen LogP contribution in [-0.4, -0.2) is 55.9 Å². The topological polar surface area (TPSA) is 141 Å². The maximum atomic E-state index is 12.2. The van der Waals surface area contributed by atoms with Crippen molar-refractivity contribution in [3.05, 3.63) is 16.8 Å². The van der Waals surface area contributed by atoms with Gasteiger partial charge in [0.25, 0.3) is 5.91 Å². The van der Waals surface area contributed by atoms with Gasteiger partial charge in [-0.3, -0.25) is 20.2 Å². The van der Waals surface area contributed by atoms with Gasteiger partial charge in [0.1, 0.15) is 10.9 Å². The van der Waals surface area contributed by atoms with Crippen molar-refractivity contribution < 1.29 is 49.0 Å². The summed E-state index contributed by atoms with van der Waals surface area (Å²) in [6.45, 7) is 0. The molecule has 122 valence electrons. The predicted molar refractivity (Wildman–Crippen MR) is 81.9 cm³/mol. The Morgan fingerprint density at radius 1 is 1.67 bits per heavy atom. The number of nitrogens with one attached hydrogen (secondary N) is 1. The van der Waals surface area contributed by atoms with Crippen LogP contribution in [0.2, 0.25) is 0 Å². The standard InChI is InChI=1S/C11H11N5O4S3.Na/c12-11(13-3-17)8(20)16-6(7(18)19)5(1-21-9(11)16)2-22-10-15-14-4-23-10;/h3-4,9H,1-2,12H2,(H,13,17)(H,18,19);/q;+1/p-1/t9-,11-;/m0./s1. The summed E-state index contributed by atoms with van der Waals surface area (Å²) in [6, 6.07) is 0. The van der Waals surface area contributed by atoms with Crippen LogP contribution in [0.4, 0.5) is 0 Å². The van der Waals surface area contributed by atoms with E-state index in [1.165, 1.54) is 34.9 Å². The molecular formula is C11H10N5NaO4S3. The van der Waals surface area contributed by atoms with E-state index in [2.05, 4.69) is 15.5 Å². The molecule has 1 aromatic heterocycles. The van der Waals surface area contributed by atoms with Gasteiger partial charge in [-0.2, -0.15) is 0 Å². The molecule has 2 aliphatic heterocycles. The van der Waals surface area contributed by atoms with E-state index in [1.807, 2.05) is 0 Å². The number of aromatic nitrogens is 2. The fourth-order valence-electron chi connectivity index (χ4n) is 2.35. The van der Waals surface area contributed by atoms with Crippen LogP contribution in [0, 0.1) is 0 Å². The van der Waals surface area contributed by atoms with Crippen LogP contribution in [0.25, 0.3) is 0 Å². The third-order valence-electron chi connectivity index (χ3n) is 3.39. The normalized spacial score (nSPS) is 25.5. The van der Waals surface area contributed by atoms with Crippen LogP contribution in [0.3, 0.4) is 0 Å². The molecular weight excluding hydrogens is 385 g/mol. The molecule has 13 heteroatoms. The molecule has 2 amide bonds. The van der Waals surface area contributed by atoms with Crippen molar-refractivity contribution in [3.63, 3.8) is 0 Å². The Labute approximate surface area is 171 Å². The maximum Gasteiger partial charge on any atom is 1.00 e. The van der Waals surface area contributed by atoms with Gasteiger partial charge in [-0.1, -0.05) is 23.1 Å². The zero-order valence-corrected chi connectivity index (χ0v) is 16.9. The number of carboxylic acids is 1. The first-order valence-electron chi connectivity index (χ1n) is 6.27. The third kappa shape index (κ3) is 3.23. The van der Waals surface area contributed by atoms with Gasteiger partial charge in [0.2, 0.25) is 12.1 Å². The van der Waals surface area contributed by atoms with Gasteiger partial charge in [0.05, 0.1) is 11.7 Å². The molecule has 0 aliphatic carbocycles. The van der Waals surface area contributed by atoms with E-state index >= 15 is 0 Å². The van der Waals surface area contributed by atoms with Gasteiger partial charge in [-0.15, -0.1) is 22.0 Å². The van der Waals surface area contributed by atoms with E-state index in [9.17, 15) is 19.5 Å². The van der Waals surface area contributed by atoms with E-state index in [0.29, 0.717) is 27.8 Å². The Morgan fingerprint density at radius 3 is 3.00 bits per heavy atom. The number of aliphatic carboxylic acids is 1. The first kappa shape index (κ1) is 19.7. The monoisotopic (exact) mass is 395 g/mol. The fraction of sp³-hybridized carbons (Fsp3) is 0.364. The molecule has 0 saturated carbocycles. The smallest absolute Gasteiger partial charge is 0.543 e. The molecule has 0 spiro atoms. The summed E-state index contributed by atoms with van der Waals surface area (Å²) in [5, 5.41) is 20.7. The molecule has 0 radical (unpaired) electrons. The SMILES string of the molecule is N[C@]1(NC=O)C(=O)N2C(C(=O)[O-])=C(CSc3nncs3)CS[C@H]21.[Na+]. The Bertz CT molecular complexity index is 700. The number of amides is 2. The molecule has 1 saturated heterocycles. The van der Waals surface area contributed by atoms with E-state index in [1.54, 1.807) is 5.51 Å². The van der Waals surface area contributed by atoms with Crippen LogP contribution < -0.4 is 45.7 Å². The van der Waals surface area contributed by atoms with Crippen molar-refractivity contribution >= 4 is 53.1 Å². The number of carbonyl (C=O) groups is 3. The molecule has 1 fully saturated rings. The minimum Gasteiger partial charge on any atom is -0.543 e. The summed E-state index contributed by atoms with van der Waals surface area (Å²) >= 11 is 3.97. The predicted octanol–water partition coefficient (Wildman–Crippen LogP) is -5.05. The molecule has 3 rings (SSSR count). The number of rotatable bonds is 6. The van der Waals surface area contributed by atoms with E-state index < -0.39 is 22.9 Å². The van der Waals surface area contributed by atoms with E-state index in [4.69, 9.17) is 5.73 Å². The second-order valence-corrected chi connectivity index (χ2v) is 7.83. The number of fused-ring (bicyclic) bond motifs is 1. The average molecular weight is 395 g/mol. The molecule has 2 aliphatic rings. The van der Waals surface area contributed by atoms with Crippen molar-refractivity contribution in [1.29, 1.82) is 0 Å². The van der Waals surface area contributed by atoms with Crippen LogP contribution in [0.5, 0.6) is 0 Å². The molecule has 3 heterocycles. The van der Waals surface area contributed by atoms with Crippen molar-refractivity contribution in [2.45, 2.75) is 15.4 Å². The minimum atomic E-state index is -1.58. The summed E-state index contributed by atoms with van der Waals surface area (Å²) in [6.07, 6.45) is 0.332. The number of nitrogens with two attached hydrogens (primary N) is 1. The quantitative estimate of drug-likeness (QED) is 0.159. The number of thioether (sulfide) groups is 2. The van der Waals surface area contributed by atoms with Gasteiger partial charge < -0.3 is 15.2 Å². The summed E-state index contributed by atoms with van der Waals surface area (Å²) in [5.74, 6) is -1.40. The van der Waals surface area contributed by atoms with Gasteiger partial charge in [-0.25, -0.2) is 0 Å². The zero-order chi connectivity index (χ0) is 16.6. The molecule has 0 bridgehead atoms. The largest absolute Gasteiger partial charge is 1.00 e. The molecule has 1 aromatic rings. The van der Waals surface area contributed by atoms with Crippen LogP contribution >= 0.6 is 34.9 Å². The Hall–Kier alpha value is -0.630. The van der Waals surface area contributed by atoms with Gasteiger partial charge in [0, 0.05) is 11.5 Å². The number of carboxylic acid groups (broad SMARTS) is 1. The van der Waals surface area contributed by atoms with Crippen molar-refractivity contribution in [1.82, 2.24) is 20.4 Å². The molecule has 0 unspecified atom stereocenters. The number of carbonyl (C=O) groups excluding carboxylic acids is 3. The number of nitrogens with zero attached hydrogens (tertiary/aromatic N) is 3. The van der Waals surface area contributed by atoms with E-state index in [-0.39, 0.29) is 35.3 Å². The molecule has 9 nitrogen and oxygen atoms in total. The average Bonchev–Trinajstić information content (AvgIpc) is 3.05. The molecule has 2 atom stereocenters. The Kier molecular flexibility index (Phi) is 6.34.